The van der Waals surface area contributed by atoms with Gasteiger partial charge in [0, 0.05) is 55.9 Å². The quantitative estimate of drug-likeness (QED) is 0.293. The van der Waals surface area contributed by atoms with Gasteiger partial charge in [-0.3, -0.25) is 4.79 Å². The molecule has 1 fully saturated rings. The van der Waals surface area contributed by atoms with Crippen molar-refractivity contribution in [1.29, 1.82) is 0 Å². The van der Waals surface area contributed by atoms with E-state index in [4.69, 9.17) is 41.2 Å². The van der Waals surface area contributed by atoms with E-state index in [1.165, 1.54) is 0 Å². The van der Waals surface area contributed by atoms with Crippen molar-refractivity contribution >= 4 is 31.5 Å². The van der Waals surface area contributed by atoms with E-state index in [1.807, 2.05) is 0 Å². The number of anilines is 1. The van der Waals surface area contributed by atoms with Crippen LogP contribution in [0.4, 0.5) is 5.69 Å². The summed E-state index contributed by atoms with van der Waals surface area (Å²) in [6.07, 6.45) is 3.64. The maximum absolute atomic E-state index is 12.7. The fourth-order valence-corrected chi connectivity index (χ4v) is 3.76. The first-order chi connectivity index (χ1) is 13.8. The standard InChI is InChI=1S/C18H26ClN3O3.HO3P/c1-24-9-2-6-22-7-3-12(4-8-22)21-18(23)14-11-15(19)16(20)13-5-10-25-17(13)14;1-4(2)3/h11-12H,2-10,20H2,1H3,(H,21,23);(H-,1,2,3)/p+1. The lowest BCUT2D eigenvalue weighted by Gasteiger charge is -2.32. The predicted molar refractivity (Wildman–Crippen MR) is 111 cm³/mol. The number of hydrogen-bond donors (Lipinski definition) is 4. The van der Waals surface area contributed by atoms with Gasteiger partial charge < -0.3 is 25.4 Å². The Morgan fingerprint density at radius 3 is 2.72 bits per heavy atom. The normalized spacial score (nSPS) is 16.4. The molecule has 162 valence electrons. The van der Waals surface area contributed by atoms with Crippen molar-refractivity contribution in [2.75, 3.05) is 45.7 Å². The van der Waals surface area contributed by atoms with Crippen LogP contribution in [-0.4, -0.2) is 66.6 Å². The lowest BCUT2D eigenvalue weighted by atomic mass is 10.0. The van der Waals surface area contributed by atoms with Gasteiger partial charge in [0.25, 0.3) is 5.91 Å². The van der Waals surface area contributed by atoms with Crippen LogP contribution >= 0.6 is 19.9 Å². The number of halogens is 1. The molecule has 11 heteroatoms. The van der Waals surface area contributed by atoms with Crippen LogP contribution in [-0.2, 0) is 15.7 Å². The minimum atomic E-state index is -2.87. The number of nitrogen functional groups attached to an aromatic ring is 1. The molecule has 0 bridgehead atoms. The summed E-state index contributed by atoms with van der Waals surface area (Å²) in [6, 6.07) is 1.80. The van der Waals surface area contributed by atoms with Crippen LogP contribution in [0.5, 0.6) is 5.75 Å². The van der Waals surface area contributed by atoms with Gasteiger partial charge in [-0.2, -0.15) is 0 Å². The minimum Gasteiger partial charge on any atom is -0.492 e. The second-order valence-electron chi connectivity index (χ2n) is 6.91. The first-order valence-corrected chi connectivity index (χ1v) is 11.0. The van der Waals surface area contributed by atoms with Gasteiger partial charge in [0.05, 0.1) is 22.9 Å². The summed E-state index contributed by atoms with van der Waals surface area (Å²) in [7, 11) is -1.14. The molecule has 0 spiro atoms. The highest BCUT2D eigenvalue weighted by Gasteiger charge is 2.27. The average Bonchev–Trinajstić information content (AvgIpc) is 3.16. The molecule has 0 aliphatic carbocycles. The Balaban J connectivity index is 0.000000687. The molecule has 1 amide bonds. The summed E-state index contributed by atoms with van der Waals surface area (Å²) in [5.74, 6) is 0.467. The summed E-state index contributed by atoms with van der Waals surface area (Å²) < 4.78 is 19.4. The number of benzene rings is 1. The van der Waals surface area contributed by atoms with E-state index >= 15 is 0 Å². The second-order valence-corrected chi connectivity index (χ2v) is 7.83. The van der Waals surface area contributed by atoms with E-state index < -0.39 is 8.25 Å². The lowest BCUT2D eigenvalue weighted by Crippen LogP contribution is -2.45. The Hall–Kier alpha value is -1.48. The molecule has 0 atom stereocenters. The molecule has 9 nitrogen and oxygen atoms in total. The molecule has 0 radical (unpaired) electrons. The molecule has 2 heterocycles. The van der Waals surface area contributed by atoms with E-state index in [9.17, 15) is 4.79 Å². The van der Waals surface area contributed by atoms with Crippen LogP contribution in [0, 0.1) is 0 Å². The monoisotopic (exact) mass is 448 g/mol. The highest BCUT2D eigenvalue weighted by atomic mass is 35.5. The summed E-state index contributed by atoms with van der Waals surface area (Å²) >= 11 is 6.19. The number of likely N-dealkylation sites (tertiary alicyclic amines) is 1. The molecule has 1 aromatic rings. The van der Waals surface area contributed by atoms with Crippen molar-refractivity contribution in [3.8, 4) is 5.75 Å². The Labute approximate surface area is 176 Å². The summed E-state index contributed by atoms with van der Waals surface area (Å²) in [6.45, 7) is 4.36. The number of nitrogens with one attached hydrogen (secondary N) is 1. The molecular weight excluding hydrogens is 421 g/mol. The molecule has 5 N–H and O–H groups in total. The summed E-state index contributed by atoms with van der Waals surface area (Å²) in [4.78, 5) is 29.4. The number of carbonyl (C=O) groups is 1. The number of nitrogens with zero attached hydrogens (tertiary/aromatic N) is 1. The van der Waals surface area contributed by atoms with Gasteiger partial charge in [0.1, 0.15) is 5.75 Å². The minimum absolute atomic E-state index is 0.127. The van der Waals surface area contributed by atoms with Crippen LogP contribution < -0.4 is 15.8 Å². The Morgan fingerprint density at radius 1 is 1.45 bits per heavy atom. The number of rotatable bonds is 6. The zero-order chi connectivity index (χ0) is 21.4. The SMILES string of the molecule is COCCCN1CCC(NC(=O)c2cc(Cl)c(N)c3c2OCC3)CC1.O=[P+](O)O. The fourth-order valence-electron chi connectivity index (χ4n) is 3.53. The maximum atomic E-state index is 12.7. The molecule has 1 aromatic carbocycles. The Morgan fingerprint density at radius 2 is 2.10 bits per heavy atom. The second kappa shape index (κ2) is 11.6. The highest BCUT2D eigenvalue weighted by Crippen LogP contribution is 2.38. The number of amides is 1. The third-order valence-corrected chi connectivity index (χ3v) is 5.27. The number of carbonyl (C=O) groups excluding carboxylic acids is 1. The third-order valence-electron chi connectivity index (χ3n) is 4.96. The van der Waals surface area contributed by atoms with E-state index in [0.29, 0.717) is 35.1 Å². The smallest absolute Gasteiger partial charge is 0.492 e. The number of fused-ring (bicyclic) bond motifs is 1. The number of piperidine rings is 1. The number of hydrogen-bond acceptors (Lipinski definition) is 6. The zero-order valence-corrected chi connectivity index (χ0v) is 18.0. The van der Waals surface area contributed by atoms with Gasteiger partial charge >= 0.3 is 8.25 Å². The number of ether oxygens (including phenoxy) is 2. The topological polar surface area (TPSA) is 134 Å². The number of nitrogens with two attached hydrogens (primary N) is 1. The molecule has 3 rings (SSSR count). The van der Waals surface area contributed by atoms with Crippen molar-refractivity contribution < 1.29 is 28.6 Å². The van der Waals surface area contributed by atoms with Crippen LogP contribution in [0.25, 0.3) is 0 Å². The predicted octanol–water partition coefficient (Wildman–Crippen LogP) is 1.72. The van der Waals surface area contributed by atoms with Gasteiger partial charge in [-0.25, -0.2) is 0 Å². The Bertz CT molecular complexity index is 724. The van der Waals surface area contributed by atoms with Gasteiger partial charge in [-0.1, -0.05) is 11.6 Å². The molecule has 2 aliphatic heterocycles. The third kappa shape index (κ3) is 7.06. The van der Waals surface area contributed by atoms with E-state index in [0.717, 1.165) is 51.1 Å². The van der Waals surface area contributed by atoms with Crippen molar-refractivity contribution in [1.82, 2.24) is 10.2 Å². The highest BCUT2D eigenvalue weighted by molar-refractivity contribution is 7.30. The van der Waals surface area contributed by atoms with Crippen LogP contribution in [0.15, 0.2) is 6.07 Å². The summed E-state index contributed by atoms with van der Waals surface area (Å²) in [5, 5.41) is 3.55. The average molecular weight is 449 g/mol. The van der Waals surface area contributed by atoms with Gasteiger partial charge in [-0.05, 0) is 25.3 Å². The molecule has 2 aliphatic rings. The Kier molecular flexibility index (Phi) is 9.55. The van der Waals surface area contributed by atoms with Crippen molar-refractivity contribution in [3.63, 3.8) is 0 Å². The zero-order valence-electron chi connectivity index (χ0n) is 16.4. The van der Waals surface area contributed by atoms with Gasteiger partial charge in [0.2, 0.25) is 0 Å². The molecule has 0 unspecified atom stereocenters. The van der Waals surface area contributed by atoms with E-state index in [2.05, 4.69) is 10.2 Å². The molecule has 1 saturated heterocycles. The van der Waals surface area contributed by atoms with Crippen molar-refractivity contribution in [2.45, 2.75) is 31.7 Å². The van der Waals surface area contributed by atoms with Crippen molar-refractivity contribution in [2.24, 2.45) is 0 Å². The summed E-state index contributed by atoms with van der Waals surface area (Å²) in [5.41, 5.74) is 7.86. The van der Waals surface area contributed by atoms with E-state index in [1.54, 1.807) is 13.2 Å². The molecule has 0 aromatic heterocycles. The first kappa shape index (κ1) is 23.8. The first-order valence-electron chi connectivity index (χ1n) is 9.44. The van der Waals surface area contributed by atoms with Crippen molar-refractivity contribution in [3.05, 3.63) is 22.2 Å². The lowest BCUT2D eigenvalue weighted by molar-refractivity contribution is 0.0904. The van der Waals surface area contributed by atoms with Crippen LogP contribution in [0.1, 0.15) is 35.2 Å². The number of methoxy groups -OCH3 is 1. The van der Waals surface area contributed by atoms with Gasteiger partial charge in [0.15, 0.2) is 0 Å². The van der Waals surface area contributed by atoms with E-state index in [-0.39, 0.29) is 11.9 Å². The van der Waals surface area contributed by atoms with Crippen LogP contribution in [0.3, 0.4) is 0 Å². The molecule has 0 saturated carbocycles. The maximum Gasteiger partial charge on any atom is 0.692 e. The fraction of sp³-hybridized carbons (Fsp3) is 0.611. The largest absolute Gasteiger partial charge is 0.692 e. The molecular formula is C18H28ClN3O6P+. The van der Waals surface area contributed by atoms with Crippen LogP contribution in [0.2, 0.25) is 5.02 Å². The van der Waals surface area contributed by atoms with Gasteiger partial charge in [-0.15, -0.1) is 9.79 Å². The molecule has 29 heavy (non-hydrogen) atoms.